The van der Waals surface area contributed by atoms with Crippen molar-refractivity contribution in [3.8, 4) is 11.1 Å². The molecular formula is C12H10IN2O3-. The summed E-state index contributed by atoms with van der Waals surface area (Å²) in [5, 5.41) is 21.3. The van der Waals surface area contributed by atoms with Crippen LogP contribution in [0.3, 0.4) is 0 Å². The van der Waals surface area contributed by atoms with Gasteiger partial charge >= 0.3 is 0 Å². The molecule has 0 bridgehead atoms. The average molecular weight is 357 g/mol. The number of nitro groups is 1. The molecule has 2 rings (SSSR count). The summed E-state index contributed by atoms with van der Waals surface area (Å²) >= 11 is 0. The first-order valence-corrected chi connectivity index (χ1v) is 5.01. The zero-order valence-electron chi connectivity index (χ0n) is 9.25. The summed E-state index contributed by atoms with van der Waals surface area (Å²) in [5.74, 6) is 0. The molecule has 2 aromatic rings. The van der Waals surface area contributed by atoms with Crippen LogP contribution >= 0.6 is 0 Å². The minimum Gasteiger partial charge on any atom is -1.00 e. The van der Waals surface area contributed by atoms with E-state index in [0.29, 0.717) is 5.69 Å². The Labute approximate surface area is 121 Å². The van der Waals surface area contributed by atoms with Crippen molar-refractivity contribution in [2.75, 3.05) is 0 Å². The lowest BCUT2D eigenvalue weighted by Gasteiger charge is -2.05. The van der Waals surface area contributed by atoms with Gasteiger partial charge in [-0.15, -0.1) is 0 Å². The lowest BCUT2D eigenvalue weighted by molar-refractivity contribution is -0.497. The minimum absolute atomic E-state index is 0. The molecule has 0 fully saturated rings. The number of nitrogens with two attached hydrogens (primary N) is 1. The number of hydrogen-bond acceptors (Lipinski definition) is 3. The third-order valence-electron chi connectivity index (χ3n) is 2.41. The molecule has 2 N–H and O–H groups in total. The van der Waals surface area contributed by atoms with Gasteiger partial charge in [0.05, 0.1) is 4.92 Å². The fraction of sp³-hybridized carbons (Fsp3) is 0. The Morgan fingerprint density at radius 1 is 1.00 bits per heavy atom. The molecule has 18 heavy (non-hydrogen) atoms. The van der Waals surface area contributed by atoms with Crippen molar-refractivity contribution in [1.29, 1.82) is 0 Å². The number of hydrogen-bond donors (Lipinski definition) is 1. The molecule has 0 radical (unpaired) electrons. The molecule has 0 aliphatic heterocycles. The van der Waals surface area contributed by atoms with E-state index in [1.54, 1.807) is 30.3 Å². The lowest BCUT2D eigenvalue weighted by atomic mass is 10.0. The van der Waals surface area contributed by atoms with Gasteiger partial charge in [0.25, 0.3) is 5.69 Å². The summed E-state index contributed by atoms with van der Waals surface area (Å²) in [6, 6.07) is 13.3. The predicted octanol–water partition coefficient (Wildman–Crippen LogP) is -1.04. The number of nitro benzene ring substituents is 1. The number of quaternary nitrogens is 1. The van der Waals surface area contributed by atoms with Crippen molar-refractivity contribution in [2.24, 2.45) is 0 Å². The molecule has 94 valence electrons. The van der Waals surface area contributed by atoms with Crippen molar-refractivity contribution < 1.29 is 34.4 Å². The van der Waals surface area contributed by atoms with Crippen molar-refractivity contribution in [2.45, 2.75) is 0 Å². The van der Waals surface area contributed by atoms with E-state index >= 15 is 0 Å². The van der Waals surface area contributed by atoms with Crippen LogP contribution in [0.4, 0.5) is 11.4 Å². The van der Waals surface area contributed by atoms with E-state index < -0.39 is 4.92 Å². The highest BCUT2D eigenvalue weighted by atomic mass is 127. The Morgan fingerprint density at radius 3 is 2.22 bits per heavy atom. The van der Waals surface area contributed by atoms with Crippen molar-refractivity contribution in [1.82, 2.24) is 0 Å². The van der Waals surface area contributed by atoms with Crippen LogP contribution < -0.4 is 29.5 Å². The van der Waals surface area contributed by atoms with Crippen LogP contribution in [0.15, 0.2) is 48.5 Å². The van der Waals surface area contributed by atoms with Gasteiger partial charge in [-0.05, 0) is 17.2 Å². The van der Waals surface area contributed by atoms with E-state index in [1.165, 1.54) is 12.1 Å². The zero-order valence-corrected chi connectivity index (χ0v) is 11.4. The molecule has 5 nitrogen and oxygen atoms in total. The second kappa shape index (κ2) is 6.43. The van der Waals surface area contributed by atoms with Crippen LogP contribution in [0.1, 0.15) is 0 Å². The molecule has 0 aliphatic rings. The molecule has 0 heterocycles. The van der Waals surface area contributed by atoms with Gasteiger partial charge in [0, 0.05) is 18.2 Å². The minimum atomic E-state index is -0.437. The lowest BCUT2D eigenvalue weighted by Crippen LogP contribution is -3.00. The van der Waals surface area contributed by atoms with Crippen LogP contribution in [0.5, 0.6) is 0 Å². The summed E-state index contributed by atoms with van der Waals surface area (Å²) in [5.41, 5.74) is 2.86. The smallest absolute Gasteiger partial charge is 0.270 e. The van der Waals surface area contributed by atoms with Crippen molar-refractivity contribution in [3.63, 3.8) is 0 Å². The van der Waals surface area contributed by atoms with Gasteiger partial charge in [0.1, 0.15) is 5.69 Å². The fourth-order valence-corrected chi connectivity index (χ4v) is 1.59. The maximum atomic E-state index is 10.7. The van der Waals surface area contributed by atoms with E-state index in [9.17, 15) is 15.3 Å². The highest BCUT2D eigenvalue weighted by molar-refractivity contribution is 5.68. The molecule has 0 atom stereocenters. The molecule has 6 heteroatoms. The van der Waals surface area contributed by atoms with Crippen LogP contribution in [-0.4, -0.2) is 4.92 Å². The van der Waals surface area contributed by atoms with Gasteiger partial charge in [0.15, 0.2) is 0 Å². The van der Waals surface area contributed by atoms with E-state index in [-0.39, 0.29) is 29.7 Å². The third kappa shape index (κ3) is 3.25. The van der Waals surface area contributed by atoms with Crippen molar-refractivity contribution >= 4 is 11.4 Å². The van der Waals surface area contributed by atoms with E-state index in [1.807, 2.05) is 6.07 Å². The Hall–Kier alpha value is -1.51. The van der Waals surface area contributed by atoms with Gasteiger partial charge in [-0.1, -0.05) is 24.3 Å². The quantitative estimate of drug-likeness (QED) is 0.330. The molecule has 2 aromatic carbocycles. The maximum Gasteiger partial charge on any atom is 0.270 e. The first kappa shape index (κ1) is 14.6. The van der Waals surface area contributed by atoms with Gasteiger partial charge in [0.2, 0.25) is 0 Å². The molecule has 0 saturated heterocycles. The normalized spacial score (nSPS) is 9.61. The van der Waals surface area contributed by atoms with Crippen LogP contribution in [0.2, 0.25) is 0 Å². The third-order valence-corrected chi connectivity index (χ3v) is 2.41. The highest BCUT2D eigenvalue weighted by Gasteiger charge is 2.07. The summed E-state index contributed by atoms with van der Waals surface area (Å²) in [6.45, 7) is 0. The largest absolute Gasteiger partial charge is 1.00 e. The molecule has 0 unspecified atom stereocenters. The monoisotopic (exact) mass is 357 g/mol. The average Bonchev–Trinajstić information content (AvgIpc) is 2.39. The van der Waals surface area contributed by atoms with Crippen LogP contribution in [0, 0.1) is 15.3 Å². The molecule has 0 aliphatic carbocycles. The molecule has 0 spiro atoms. The summed E-state index contributed by atoms with van der Waals surface area (Å²) in [7, 11) is 0. The highest BCUT2D eigenvalue weighted by Crippen LogP contribution is 2.24. The van der Waals surface area contributed by atoms with Gasteiger partial charge in [-0.2, -0.15) is 0 Å². The van der Waals surface area contributed by atoms with Gasteiger partial charge in [-0.3, -0.25) is 10.1 Å². The zero-order chi connectivity index (χ0) is 12.3. The predicted molar refractivity (Wildman–Crippen MR) is 63.5 cm³/mol. The number of nitrogens with zero attached hydrogens (tertiary/aromatic N) is 1. The standard InChI is InChI=1S/C12H10N2O3.HI/c15-13-11-5-1-3-9(7-11)10-4-2-6-12(8-10)14(16)17;/h1-8H,13H2;1H/p-1. The van der Waals surface area contributed by atoms with E-state index in [4.69, 9.17) is 0 Å². The molecule has 0 saturated carbocycles. The number of non-ortho nitro benzene ring substituents is 1. The topological polar surface area (TPSA) is 82.8 Å². The van der Waals surface area contributed by atoms with E-state index in [0.717, 1.165) is 16.6 Å². The first-order valence-electron chi connectivity index (χ1n) is 5.01. The number of benzene rings is 2. The first-order chi connectivity index (χ1) is 8.20. The Kier molecular flexibility index (Phi) is 5.20. The Bertz CT molecular complexity index is 561. The van der Waals surface area contributed by atoms with Crippen LogP contribution in [0.25, 0.3) is 11.1 Å². The summed E-state index contributed by atoms with van der Waals surface area (Å²) < 4.78 is 0. The molecule has 0 amide bonds. The fourth-order valence-electron chi connectivity index (χ4n) is 1.59. The van der Waals surface area contributed by atoms with Crippen molar-refractivity contribution in [3.05, 3.63) is 63.9 Å². The van der Waals surface area contributed by atoms with Gasteiger partial charge in [-0.25, -0.2) is 0 Å². The Balaban J connectivity index is 0.00000162. The summed E-state index contributed by atoms with van der Waals surface area (Å²) in [4.78, 5) is 10.2. The molecular weight excluding hydrogens is 347 g/mol. The number of rotatable bonds is 3. The Morgan fingerprint density at radius 2 is 1.61 bits per heavy atom. The molecule has 0 aromatic heterocycles. The van der Waals surface area contributed by atoms with E-state index in [2.05, 4.69) is 0 Å². The number of halogens is 1. The summed E-state index contributed by atoms with van der Waals surface area (Å²) in [6.07, 6.45) is 0. The maximum absolute atomic E-state index is 10.7. The SMILES string of the molecule is O=[N+]([O-])c1cccc(-c2cccc([NH2+][O-])c2)c1.[I-]. The second-order valence-corrected chi connectivity index (χ2v) is 3.55. The van der Waals surface area contributed by atoms with Crippen LogP contribution in [-0.2, 0) is 0 Å². The van der Waals surface area contributed by atoms with Gasteiger partial charge < -0.3 is 34.7 Å². The second-order valence-electron chi connectivity index (χ2n) is 3.55.